The number of aromatic nitrogens is 2. The molecule has 0 spiro atoms. The summed E-state index contributed by atoms with van der Waals surface area (Å²) >= 11 is 0. The van der Waals surface area contributed by atoms with E-state index in [0.29, 0.717) is 11.6 Å². The van der Waals surface area contributed by atoms with Crippen molar-refractivity contribution in [2.24, 2.45) is 0 Å². The highest BCUT2D eigenvalue weighted by atomic mass is 16.5. The van der Waals surface area contributed by atoms with Crippen LogP contribution in [0.4, 0.5) is 11.4 Å². The fourth-order valence-electron chi connectivity index (χ4n) is 2.92. The zero-order chi connectivity index (χ0) is 19.2. The predicted molar refractivity (Wildman–Crippen MR) is 103 cm³/mol. The molecule has 1 saturated heterocycles. The van der Waals surface area contributed by atoms with Crippen LogP contribution in [-0.2, 0) is 9.53 Å². The summed E-state index contributed by atoms with van der Waals surface area (Å²) in [5, 5.41) is 10.3. The lowest BCUT2D eigenvalue weighted by Crippen LogP contribution is -2.36. The van der Waals surface area contributed by atoms with Crippen molar-refractivity contribution in [3.63, 3.8) is 0 Å². The number of morpholine rings is 1. The summed E-state index contributed by atoms with van der Waals surface area (Å²) in [5.74, 6) is 0.797. The standard InChI is InChI=1S/C20H20N4O4/c25-19(13-27-18-7-1-15(2-8-18)20-23-21-14-28-20)22-16-3-5-17(6-4-16)24-9-11-26-12-10-24/h1-8,14H,9-13H2,(H,22,25). The Hall–Kier alpha value is -3.39. The van der Waals surface area contributed by atoms with Crippen LogP contribution in [-0.4, -0.2) is 49.0 Å². The minimum absolute atomic E-state index is 0.0783. The number of nitrogens with one attached hydrogen (secondary N) is 1. The van der Waals surface area contributed by atoms with Crippen molar-refractivity contribution in [2.45, 2.75) is 0 Å². The zero-order valence-corrected chi connectivity index (χ0v) is 15.2. The van der Waals surface area contributed by atoms with Crippen LogP contribution in [0.3, 0.4) is 0 Å². The van der Waals surface area contributed by atoms with Crippen molar-refractivity contribution >= 4 is 17.3 Å². The van der Waals surface area contributed by atoms with E-state index < -0.39 is 0 Å². The normalized spacial score (nSPS) is 13.9. The van der Waals surface area contributed by atoms with Crippen LogP contribution in [0.25, 0.3) is 11.5 Å². The number of hydrogen-bond donors (Lipinski definition) is 1. The van der Waals surface area contributed by atoms with Crippen LogP contribution in [0.15, 0.2) is 59.3 Å². The molecule has 1 aliphatic heterocycles. The van der Waals surface area contributed by atoms with E-state index in [1.807, 2.05) is 24.3 Å². The number of nitrogens with zero attached hydrogens (tertiary/aromatic N) is 3. The summed E-state index contributed by atoms with van der Waals surface area (Å²) in [5.41, 5.74) is 2.64. The summed E-state index contributed by atoms with van der Waals surface area (Å²) in [7, 11) is 0. The number of amides is 1. The molecule has 3 aromatic rings. The smallest absolute Gasteiger partial charge is 0.262 e. The van der Waals surface area contributed by atoms with Gasteiger partial charge in [-0.15, -0.1) is 10.2 Å². The van der Waals surface area contributed by atoms with Crippen LogP contribution in [0.5, 0.6) is 5.75 Å². The maximum Gasteiger partial charge on any atom is 0.262 e. The molecule has 28 heavy (non-hydrogen) atoms. The van der Waals surface area contributed by atoms with Gasteiger partial charge < -0.3 is 24.1 Å². The average molecular weight is 380 g/mol. The molecule has 8 nitrogen and oxygen atoms in total. The third kappa shape index (κ3) is 4.47. The molecule has 1 N–H and O–H groups in total. The van der Waals surface area contributed by atoms with Crippen molar-refractivity contribution in [2.75, 3.05) is 43.1 Å². The Morgan fingerprint density at radius 1 is 1.07 bits per heavy atom. The molecule has 1 aromatic heterocycles. The van der Waals surface area contributed by atoms with Crippen molar-refractivity contribution < 1.29 is 18.7 Å². The summed E-state index contributed by atoms with van der Waals surface area (Å²) in [6.45, 7) is 3.16. The number of benzene rings is 2. The number of carbonyl (C=O) groups excluding carboxylic acids is 1. The van der Waals surface area contributed by atoms with Crippen molar-refractivity contribution in [3.8, 4) is 17.2 Å². The van der Waals surface area contributed by atoms with Crippen LogP contribution >= 0.6 is 0 Å². The van der Waals surface area contributed by atoms with Gasteiger partial charge in [-0.25, -0.2) is 0 Å². The van der Waals surface area contributed by atoms with Gasteiger partial charge in [-0.05, 0) is 48.5 Å². The molecule has 0 atom stereocenters. The summed E-state index contributed by atoms with van der Waals surface area (Å²) in [6, 6.07) is 14.9. The Labute approximate surface area is 162 Å². The minimum Gasteiger partial charge on any atom is -0.484 e. The van der Waals surface area contributed by atoms with Crippen LogP contribution < -0.4 is 15.0 Å². The molecule has 144 valence electrons. The van der Waals surface area contributed by atoms with E-state index >= 15 is 0 Å². The first kappa shape index (κ1) is 18.0. The van der Waals surface area contributed by atoms with Crippen molar-refractivity contribution in [1.29, 1.82) is 0 Å². The summed E-state index contributed by atoms with van der Waals surface area (Å²) < 4.78 is 16.0. The molecule has 1 aliphatic rings. The van der Waals surface area contributed by atoms with Crippen LogP contribution in [0.2, 0.25) is 0 Å². The molecule has 0 radical (unpaired) electrons. The zero-order valence-electron chi connectivity index (χ0n) is 15.2. The van der Waals surface area contributed by atoms with Gasteiger partial charge in [0, 0.05) is 30.0 Å². The molecule has 2 aromatic carbocycles. The SMILES string of the molecule is O=C(COc1ccc(-c2nnco2)cc1)Nc1ccc(N2CCOCC2)cc1. The molecule has 0 unspecified atom stereocenters. The number of ether oxygens (including phenoxy) is 2. The Bertz CT molecular complexity index is 889. The van der Waals surface area contributed by atoms with Gasteiger partial charge in [0.05, 0.1) is 13.2 Å². The van der Waals surface area contributed by atoms with Crippen molar-refractivity contribution in [1.82, 2.24) is 10.2 Å². The Morgan fingerprint density at radius 2 is 1.82 bits per heavy atom. The number of rotatable bonds is 6. The highest BCUT2D eigenvalue weighted by molar-refractivity contribution is 5.92. The molecular formula is C20H20N4O4. The summed E-state index contributed by atoms with van der Waals surface area (Å²) in [4.78, 5) is 14.4. The second-order valence-corrected chi connectivity index (χ2v) is 6.25. The number of hydrogen-bond acceptors (Lipinski definition) is 7. The molecule has 4 rings (SSSR count). The maximum atomic E-state index is 12.1. The molecule has 0 bridgehead atoms. The van der Waals surface area contributed by atoms with E-state index in [0.717, 1.165) is 43.2 Å². The first-order valence-corrected chi connectivity index (χ1v) is 9.00. The van der Waals surface area contributed by atoms with Gasteiger partial charge in [-0.3, -0.25) is 4.79 Å². The summed E-state index contributed by atoms with van der Waals surface area (Å²) in [6.07, 6.45) is 1.28. The van der Waals surface area contributed by atoms with E-state index in [1.54, 1.807) is 24.3 Å². The van der Waals surface area contributed by atoms with Gasteiger partial charge in [0.2, 0.25) is 12.3 Å². The monoisotopic (exact) mass is 380 g/mol. The van der Waals surface area contributed by atoms with Gasteiger partial charge in [0.15, 0.2) is 6.61 Å². The minimum atomic E-state index is -0.222. The first-order valence-electron chi connectivity index (χ1n) is 9.00. The Morgan fingerprint density at radius 3 is 2.50 bits per heavy atom. The van der Waals surface area contributed by atoms with Gasteiger partial charge in [0.25, 0.3) is 5.91 Å². The van der Waals surface area contributed by atoms with Crippen LogP contribution in [0, 0.1) is 0 Å². The Kier molecular flexibility index (Phi) is 5.48. The van der Waals surface area contributed by atoms with E-state index in [1.165, 1.54) is 6.39 Å². The van der Waals surface area contributed by atoms with E-state index in [4.69, 9.17) is 13.9 Å². The van der Waals surface area contributed by atoms with E-state index in [9.17, 15) is 4.79 Å². The fraction of sp³-hybridized carbons (Fsp3) is 0.250. The topological polar surface area (TPSA) is 89.7 Å². The Balaban J connectivity index is 1.27. The highest BCUT2D eigenvalue weighted by Crippen LogP contribution is 2.21. The molecule has 0 saturated carbocycles. The molecular weight excluding hydrogens is 360 g/mol. The van der Waals surface area contributed by atoms with E-state index in [2.05, 4.69) is 20.4 Å². The molecule has 2 heterocycles. The molecule has 8 heteroatoms. The predicted octanol–water partition coefficient (Wildman–Crippen LogP) is 2.59. The molecule has 1 fully saturated rings. The first-order chi connectivity index (χ1) is 13.8. The third-order valence-electron chi connectivity index (χ3n) is 4.36. The van der Waals surface area contributed by atoms with Crippen LogP contribution in [0.1, 0.15) is 0 Å². The average Bonchev–Trinajstić information content (AvgIpc) is 3.29. The van der Waals surface area contributed by atoms with Gasteiger partial charge in [-0.2, -0.15) is 0 Å². The lowest BCUT2D eigenvalue weighted by atomic mass is 10.2. The van der Waals surface area contributed by atoms with Gasteiger partial charge in [-0.1, -0.05) is 0 Å². The third-order valence-corrected chi connectivity index (χ3v) is 4.36. The molecule has 0 aliphatic carbocycles. The fourth-order valence-corrected chi connectivity index (χ4v) is 2.92. The van der Waals surface area contributed by atoms with Gasteiger partial charge in [0.1, 0.15) is 5.75 Å². The second-order valence-electron chi connectivity index (χ2n) is 6.25. The molecule has 1 amide bonds. The van der Waals surface area contributed by atoms with Crippen molar-refractivity contribution in [3.05, 3.63) is 54.9 Å². The maximum absolute atomic E-state index is 12.1. The largest absolute Gasteiger partial charge is 0.484 e. The highest BCUT2D eigenvalue weighted by Gasteiger charge is 2.11. The quantitative estimate of drug-likeness (QED) is 0.703. The second kappa shape index (κ2) is 8.53. The number of anilines is 2. The van der Waals surface area contributed by atoms with Gasteiger partial charge >= 0.3 is 0 Å². The lowest BCUT2D eigenvalue weighted by molar-refractivity contribution is -0.118. The van der Waals surface area contributed by atoms with E-state index in [-0.39, 0.29) is 12.5 Å². The lowest BCUT2D eigenvalue weighted by Gasteiger charge is -2.28. The number of carbonyl (C=O) groups is 1.